The highest BCUT2D eigenvalue weighted by Gasteiger charge is 2.22. The van der Waals surface area contributed by atoms with Crippen molar-refractivity contribution in [2.45, 2.75) is 32.4 Å². The van der Waals surface area contributed by atoms with Gasteiger partial charge in [0.1, 0.15) is 11.2 Å². The monoisotopic (exact) mass is 334 g/mol. The summed E-state index contributed by atoms with van der Waals surface area (Å²) in [6, 6.07) is 0.0463. The maximum atomic E-state index is 12.1. The van der Waals surface area contributed by atoms with E-state index in [1.165, 1.54) is 6.20 Å². The maximum absolute atomic E-state index is 12.1. The molecule has 0 spiro atoms. The van der Waals surface area contributed by atoms with Crippen molar-refractivity contribution in [2.24, 2.45) is 7.05 Å². The van der Waals surface area contributed by atoms with E-state index in [2.05, 4.69) is 25.3 Å². The summed E-state index contributed by atoms with van der Waals surface area (Å²) in [6.07, 6.45) is 3.02. The summed E-state index contributed by atoms with van der Waals surface area (Å²) in [5.41, 5.74) is 0.397. The van der Waals surface area contributed by atoms with Crippen LogP contribution in [0.3, 0.4) is 0 Å². The largest absolute Gasteiger partial charge is 0.450 e. The highest BCUT2D eigenvalue weighted by molar-refractivity contribution is 5.72. The molecule has 0 radical (unpaired) electrons. The maximum Gasteiger partial charge on any atom is 0.407 e. The molecule has 0 aliphatic carbocycles. The quantitative estimate of drug-likeness (QED) is 0.837. The van der Waals surface area contributed by atoms with Crippen molar-refractivity contribution in [2.75, 3.05) is 19.7 Å². The Morgan fingerprint density at radius 1 is 1.54 bits per heavy atom. The van der Waals surface area contributed by atoms with E-state index in [9.17, 15) is 9.59 Å². The number of aromatic nitrogens is 4. The number of aryl methyl sites for hydroxylation is 1. The Balaban J connectivity index is 1.68. The number of fused-ring (bicyclic) bond motifs is 1. The molecule has 2 aromatic heterocycles. The number of likely N-dealkylation sites (tertiary alicyclic amines) is 1. The van der Waals surface area contributed by atoms with E-state index in [1.54, 1.807) is 18.7 Å². The summed E-state index contributed by atoms with van der Waals surface area (Å²) in [5, 5.41) is 7.43. The van der Waals surface area contributed by atoms with Crippen molar-refractivity contribution in [3.8, 4) is 0 Å². The number of ether oxygens (including phenoxy) is 1. The number of alkyl carbamates (subject to hydrolysis) is 1. The highest BCUT2D eigenvalue weighted by Crippen LogP contribution is 2.13. The Hall–Kier alpha value is -2.42. The molecule has 3 heterocycles. The third kappa shape index (κ3) is 3.56. The van der Waals surface area contributed by atoms with E-state index in [4.69, 9.17) is 4.74 Å². The first-order chi connectivity index (χ1) is 11.6. The molecular weight excluding hydrogens is 312 g/mol. The lowest BCUT2D eigenvalue weighted by Gasteiger charge is -2.32. The number of hydrogen-bond acceptors (Lipinski definition) is 6. The van der Waals surface area contributed by atoms with E-state index in [0.717, 1.165) is 19.4 Å². The van der Waals surface area contributed by atoms with Gasteiger partial charge < -0.3 is 15.0 Å². The molecule has 3 rings (SSSR count). The fourth-order valence-electron chi connectivity index (χ4n) is 3.02. The Labute approximate surface area is 139 Å². The van der Waals surface area contributed by atoms with E-state index in [1.807, 2.05) is 0 Å². The fraction of sp³-hybridized carbons (Fsp3) is 0.600. The molecule has 2 N–H and O–H groups in total. The SMILES string of the molecule is CCOC(=O)NC1CCCN(Cc2nc3c(cnn3C)c(=O)[nH]2)C1. The topological polar surface area (TPSA) is 105 Å². The molecule has 1 fully saturated rings. The van der Waals surface area contributed by atoms with Crippen LogP contribution in [0.25, 0.3) is 11.0 Å². The number of aromatic amines is 1. The van der Waals surface area contributed by atoms with Crippen molar-refractivity contribution in [1.29, 1.82) is 0 Å². The molecule has 0 aromatic carbocycles. The number of carbonyl (C=O) groups is 1. The molecule has 0 saturated carbocycles. The van der Waals surface area contributed by atoms with Crippen LogP contribution in [0, 0.1) is 0 Å². The predicted molar refractivity (Wildman–Crippen MR) is 87.6 cm³/mol. The molecule has 1 atom stereocenters. The summed E-state index contributed by atoms with van der Waals surface area (Å²) in [6.45, 7) is 4.26. The van der Waals surface area contributed by atoms with Crippen molar-refractivity contribution < 1.29 is 9.53 Å². The van der Waals surface area contributed by atoms with Gasteiger partial charge >= 0.3 is 6.09 Å². The van der Waals surface area contributed by atoms with Crippen LogP contribution in [-0.2, 0) is 18.3 Å². The molecule has 9 nitrogen and oxygen atoms in total. The van der Waals surface area contributed by atoms with E-state index >= 15 is 0 Å². The standard InChI is InChI=1S/C15H22N6O3/c1-3-24-15(23)17-10-5-4-6-21(8-10)9-12-18-13-11(14(22)19-12)7-16-20(13)2/h7,10H,3-6,8-9H2,1-2H3,(H,17,23)(H,18,19,22). The van der Waals surface area contributed by atoms with E-state index < -0.39 is 0 Å². The lowest BCUT2D eigenvalue weighted by atomic mass is 10.1. The normalized spacial score (nSPS) is 18.7. The number of nitrogens with zero attached hydrogens (tertiary/aromatic N) is 4. The molecule has 2 aromatic rings. The minimum atomic E-state index is -0.382. The Bertz CT molecular complexity index is 783. The number of rotatable bonds is 4. The molecule has 0 bridgehead atoms. The van der Waals surface area contributed by atoms with Gasteiger partial charge in [-0.1, -0.05) is 0 Å². The van der Waals surface area contributed by atoms with Crippen molar-refractivity contribution in [3.05, 3.63) is 22.4 Å². The lowest BCUT2D eigenvalue weighted by Crippen LogP contribution is -2.47. The number of nitrogens with one attached hydrogen (secondary N) is 2. The van der Waals surface area contributed by atoms with E-state index in [0.29, 0.717) is 36.6 Å². The van der Waals surface area contributed by atoms with Gasteiger partial charge in [0.05, 0.1) is 19.3 Å². The zero-order chi connectivity index (χ0) is 17.1. The predicted octanol–water partition coefficient (Wildman–Crippen LogP) is 0.367. The molecule has 1 aliphatic rings. The van der Waals surface area contributed by atoms with Crippen LogP contribution in [0.1, 0.15) is 25.6 Å². The van der Waals surface area contributed by atoms with Crippen LogP contribution in [0.4, 0.5) is 4.79 Å². The Morgan fingerprint density at radius 2 is 2.38 bits per heavy atom. The minimum absolute atomic E-state index is 0.0463. The molecule has 24 heavy (non-hydrogen) atoms. The Morgan fingerprint density at radius 3 is 3.17 bits per heavy atom. The van der Waals surface area contributed by atoms with Crippen LogP contribution in [-0.4, -0.2) is 56.5 Å². The second kappa shape index (κ2) is 7.00. The highest BCUT2D eigenvalue weighted by atomic mass is 16.5. The summed E-state index contributed by atoms with van der Waals surface area (Å²) < 4.78 is 6.52. The zero-order valence-corrected chi connectivity index (χ0v) is 13.9. The molecular formula is C15H22N6O3. The number of piperidine rings is 1. The molecule has 1 saturated heterocycles. The van der Waals surface area contributed by atoms with Gasteiger partial charge in [0.15, 0.2) is 5.65 Å². The van der Waals surface area contributed by atoms with Gasteiger partial charge in [0, 0.05) is 19.6 Å². The van der Waals surface area contributed by atoms with Gasteiger partial charge in [-0.25, -0.2) is 9.78 Å². The fourth-order valence-corrected chi connectivity index (χ4v) is 3.02. The first-order valence-electron chi connectivity index (χ1n) is 8.13. The second-order valence-corrected chi connectivity index (χ2v) is 5.96. The van der Waals surface area contributed by atoms with Crippen LogP contribution in [0.5, 0.6) is 0 Å². The van der Waals surface area contributed by atoms with Crippen LogP contribution in [0.2, 0.25) is 0 Å². The molecule has 9 heteroatoms. The van der Waals surface area contributed by atoms with Crippen LogP contribution >= 0.6 is 0 Å². The first-order valence-corrected chi connectivity index (χ1v) is 8.13. The summed E-state index contributed by atoms with van der Waals surface area (Å²) >= 11 is 0. The average molecular weight is 334 g/mol. The molecule has 1 unspecified atom stereocenters. The van der Waals surface area contributed by atoms with Gasteiger partial charge in [-0.15, -0.1) is 0 Å². The number of hydrogen-bond donors (Lipinski definition) is 2. The third-order valence-electron chi connectivity index (χ3n) is 4.13. The molecule has 130 valence electrons. The second-order valence-electron chi connectivity index (χ2n) is 5.96. The summed E-state index contributed by atoms with van der Waals surface area (Å²) in [7, 11) is 1.76. The van der Waals surface area contributed by atoms with Gasteiger partial charge in [-0.05, 0) is 26.3 Å². The van der Waals surface area contributed by atoms with Crippen LogP contribution < -0.4 is 10.9 Å². The third-order valence-corrected chi connectivity index (χ3v) is 4.13. The van der Waals surface area contributed by atoms with E-state index in [-0.39, 0.29) is 17.7 Å². The van der Waals surface area contributed by atoms with Crippen molar-refractivity contribution in [1.82, 2.24) is 30.0 Å². The van der Waals surface area contributed by atoms with Gasteiger partial charge in [0.25, 0.3) is 5.56 Å². The Kier molecular flexibility index (Phi) is 4.79. The summed E-state index contributed by atoms with van der Waals surface area (Å²) in [5.74, 6) is 0.605. The lowest BCUT2D eigenvalue weighted by molar-refractivity contribution is 0.132. The number of carbonyl (C=O) groups excluding carboxylic acids is 1. The first kappa shape index (κ1) is 16.4. The number of H-pyrrole nitrogens is 1. The van der Waals surface area contributed by atoms with Gasteiger partial charge in [0.2, 0.25) is 0 Å². The van der Waals surface area contributed by atoms with Crippen molar-refractivity contribution >= 4 is 17.1 Å². The van der Waals surface area contributed by atoms with Gasteiger partial charge in [-0.2, -0.15) is 5.10 Å². The number of amides is 1. The van der Waals surface area contributed by atoms with Gasteiger partial charge in [-0.3, -0.25) is 14.4 Å². The van der Waals surface area contributed by atoms with Crippen molar-refractivity contribution in [3.63, 3.8) is 0 Å². The van der Waals surface area contributed by atoms with Crippen LogP contribution in [0.15, 0.2) is 11.0 Å². The summed E-state index contributed by atoms with van der Waals surface area (Å²) in [4.78, 5) is 33.1. The zero-order valence-electron chi connectivity index (χ0n) is 13.9. The average Bonchev–Trinajstić information content (AvgIpc) is 2.90. The molecule has 1 aliphatic heterocycles. The smallest absolute Gasteiger partial charge is 0.407 e. The molecule has 1 amide bonds. The minimum Gasteiger partial charge on any atom is -0.450 e.